The zero-order valence-corrected chi connectivity index (χ0v) is 9.62. The smallest absolute Gasteiger partial charge is 0.319 e. The summed E-state index contributed by atoms with van der Waals surface area (Å²) >= 11 is 0. The number of methoxy groups -OCH3 is 1. The molecule has 0 aromatic heterocycles. The molecule has 1 saturated heterocycles. The maximum atomic E-state index is 10.9. The van der Waals surface area contributed by atoms with Gasteiger partial charge in [0.2, 0.25) is 0 Å². The first-order valence-electron chi connectivity index (χ1n) is 5.68. The Balaban J connectivity index is 2.21. The second-order valence-electron chi connectivity index (χ2n) is 3.96. The van der Waals surface area contributed by atoms with Gasteiger partial charge in [0.25, 0.3) is 0 Å². The van der Waals surface area contributed by atoms with Crippen LogP contribution in [0.15, 0.2) is 0 Å². The van der Waals surface area contributed by atoms with E-state index in [1.165, 1.54) is 7.11 Å². The van der Waals surface area contributed by atoms with Crippen LogP contribution >= 0.6 is 0 Å². The Kier molecular flexibility index (Phi) is 5.65. The average Bonchev–Trinajstić information content (AvgIpc) is 2.27. The fourth-order valence-corrected chi connectivity index (χ4v) is 1.89. The number of hydrogen-bond acceptors (Lipinski definition) is 4. The summed E-state index contributed by atoms with van der Waals surface area (Å²) in [5, 5.41) is 3.21. The van der Waals surface area contributed by atoms with Crippen LogP contribution in [0.25, 0.3) is 0 Å². The van der Waals surface area contributed by atoms with Crippen molar-refractivity contribution in [3.05, 3.63) is 0 Å². The molecular formula is C11H21NO3. The molecule has 1 rings (SSSR count). The van der Waals surface area contributed by atoms with E-state index in [4.69, 9.17) is 4.74 Å². The van der Waals surface area contributed by atoms with Crippen LogP contribution in [0.3, 0.4) is 0 Å². The molecule has 0 radical (unpaired) electrons. The van der Waals surface area contributed by atoms with E-state index >= 15 is 0 Å². The largest absolute Gasteiger partial charge is 0.468 e. The van der Waals surface area contributed by atoms with E-state index in [-0.39, 0.29) is 5.97 Å². The monoisotopic (exact) mass is 215 g/mol. The number of carbonyl (C=O) groups excluding carboxylic acids is 1. The number of hydrogen-bond donors (Lipinski definition) is 1. The third-order valence-electron chi connectivity index (χ3n) is 2.74. The molecule has 4 nitrogen and oxygen atoms in total. The van der Waals surface area contributed by atoms with Crippen LogP contribution in [0.4, 0.5) is 0 Å². The summed E-state index contributed by atoms with van der Waals surface area (Å²) in [5.74, 6) is -0.200. The summed E-state index contributed by atoms with van der Waals surface area (Å²) in [6.07, 6.45) is 4.60. The van der Waals surface area contributed by atoms with Gasteiger partial charge in [-0.1, -0.05) is 13.3 Å². The minimum absolute atomic E-state index is 0.200. The Morgan fingerprint density at radius 3 is 3.07 bits per heavy atom. The molecule has 0 aliphatic carbocycles. The van der Waals surface area contributed by atoms with Crippen LogP contribution in [-0.4, -0.2) is 38.4 Å². The SMILES string of the molecule is CCCC1CC(NCC(=O)OC)CCO1. The van der Waals surface area contributed by atoms with Crippen molar-refractivity contribution in [2.45, 2.75) is 44.8 Å². The van der Waals surface area contributed by atoms with Gasteiger partial charge in [-0.15, -0.1) is 0 Å². The summed E-state index contributed by atoms with van der Waals surface area (Å²) in [4.78, 5) is 10.9. The van der Waals surface area contributed by atoms with Crippen LogP contribution in [0, 0.1) is 0 Å². The summed E-state index contributed by atoms with van der Waals surface area (Å²) in [6, 6.07) is 0.398. The summed E-state index contributed by atoms with van der Waals surface area (Å²) in [6.45, 7) is 3.26. The quantitative estimate of drug-likeness (QED) is 0.698. The molecule has 1 N–H and O–H groups in total. The minimum Gasteiger partial charge on any atom is -0.468 e. The molecule has 4 heteroatoms. The third kappa shape index (κ3) is 4.62. The van der Waals surface area contributed by atoms with Crippen LogP contribution in [0.5, 0.6) is 0 Å². The van der Waals surface area contributed by atoms with Crippen molar-refractivity contribution >= 4 is 5.97 Å². The standard InChI is InChI=1S/C11H21NO3/c1-3-4-10-7-9(5-6-15-10)12-8-11(13)14-2/h9-10,12H,3-8H2,1-2H3. The highest BCUT2D eigenvalue weighted by Crippen LogP contribution is 2.17. The molecule has 88 valence electrons. The first kappa shape index (κ1) is 12.5. The molecular weight excluding hydrogens is 194 g/mol. The highest BCUT2D eigenvalue weighted by Gasteiger charge is 2.21. The molecule has 0 bridgehead atoms. The maximum Gasteiger partial charge on any atom is 0.319 e. The van der Waals surface area contributed by atoms with Gasteiger partial charge in [0.05, 0.1) is 19.8 Å². The number of esters is 1. The van der Waals surface area contributed by atoms with E-state index in [1.807, 2.05) is 0 Å². The highest BCUT2D eigenvalue weighted by atomic mass is 16.5. The molecule has 0 amide bonds. The van der Waals surface area contributed by atoms with Gasteiger partial charge in [0, 0.05) is 12.6 Å². The van der Waals surface area contributed by atoms with Gasteiger partial charge in [0.15, 0.2) is 0 Å². The molecule has 0 spiro atoms. The van der Waals surface area contributed by atoms with E-state index in [2.05, 4.69) is 17.0 Å². The Hall–Kier alpha value is -0.610. The molecule has 1 aliphatic rings. The van der Waals surface area contributed by atoms with E-state index in [0.717, 1.165) is 32.3 Å². The van der Waals surface area contributed by atoms with E-state index in [1.54, 1.807) is 0 Å². The van der Waals surface area contributed by atoms with Crippen molar-refractivity contribution in [2.24, 2.45) is 0 Å². The summed E-state index contributed by atoms with van der Waals surface area (Å²) < 4.78 is 10.2. The number of carbonyl (C=O) groups is 1. The number of ether oxygens (including phenoxy) is 2. The van der Waals surface area contributed by atoms with Gasteiger partial charge in [-0.25, -0.2) is 0 Å². The van der Waals surface area contributed by atoms with Crippen molar-refractivity contribution in [2.75, 3.05) is 20.3 Å². The molecule has 2 atom stereocenters. The van der Waals surface area contributed by atoms with Crippen molar-refractivity contribution in [3.63, 3.8) is 0 Å². The number of rotatable bonds is 5. The molecule has 1 fully saturated rings. The van der Waals surface area contributed by atoms with Gasteiger partial charge in [-0.3, -0.25) is 4.79 Å². The normalized spacial score (nSPS) is 26.3. The lowest BCUT2D eigenvalue weighted by atomic mass is 10.0. The second kappa shape index (κ2) is 6.80. The van der Waals surface area contributed by atoms with Crippen LogP contribution in [0.2, 0.25) is 0 Å². The van der Waals surface area contributed by atoms with Crippen LogP contribution in [0.1, 0.15) is 32.6 Å². The first-order valence-corrected chi connectivity index (χ1v) is 5.68. The van der Waals surface area contributed by atoms with Gasteiger partial charge in [-0.05, 0) is 19.3 Å². The zero-order valence-electron chi connectivity index (χ0n) is 9.62. The van der Waals surface area contributed by atoms with Gasteiger partial charge in [-0.2, -0.15) is 0 Å². The Labute approximate surface area is 91.3 Å². The predicted molar refractivity (Wildman–Crippen MR) is 57.7 cm³/mol. The topological polar surface area (TPSA) is 47.6 Å². The van der Waals surface area contributed by atoms with Crippen molar-refractivity contribution in [3.8, 4) is 0 Å². The molecule has 0 saturated carbocycles. The molecule has 1 heterocycles. The Morgan fingerprint density at radius 1 is 1.60 bits per heavy atom. The molecule has 0 aromatic carbocycles. The van der Waals surface area contributed by atoms with Gasteiger partial charge >= 0.3 is 5.97 Å². The Bertz CT molecular complexity index is 194. The van der Waals surface area contributed by atoms with Gasteiger partial charge < -0.3 is 14.8 Å². The van der Waals surface area contributed by atoms with Crippen LogP contribution < -0.4 is 5.32 Å². The first-order chi connectivity index (χ1) is 7.26. The Morgan fingerprint density at radius 2 is 2.40 bits per heavy atom. The lowest BCUT2D eigenvalue weighted by molar-refractivity contribution is -0.139. The second-order valence-corrected chi connectivity index (χ2v) is 3.96. The third-order valence-corrected chi connectivity index (χ3v) is 2.74. The summed E-state index contributed by atoms with van der Waals surface area (Å²) in [7, 11) is 1.41. The molecule has 15 heavy (non-hydrogen) atoms. The lowest BCUT2D eigenvalue weighted by Gasteiger charge is -2.29. The highest BCUT2D eigenvalue weighted by molar-refractivity contribution is 5.71. The summed E-state index contributed by atoms with van der Waals surface area (Å²) in [5.41, 5.74) is 0. The molecule has 0 aromatic rings. The number of nitrogens with one attached hydrogen (secondary N) is 1. The molecule has 2 unspecified atom stereocenters. The fraction of sp³-hybridized carbons (Fsp3) is 0.909. The van der Waals surface area contributed by atoms with Crippen LogP contribution in [-0.2, 0) is 14.3 Å². The van der Waals surface area contributed by atoms with Crippen molar-refractivity contribution < 1.29 is 14.3 Å². The van der Waals surface area contributed by atoms with Crippen molar-refractivity contribution in [1.82, 2.24) is 5.32 Å². The van der Waals surface area contributed by atoms with E-state index in [0.29, 0.717) is 18.7 Å². The zero-order chi connectivity index (χ0) is 11.1. The fourth-order valence-electron chi connectivity index (χ4n) is 1.89. The minimum atomic E-state index is -0.200. The maximum absolute atomic E-state index is 10.9. The lowest BCUT2D eigenvalue weighted by Crippen LogP contribution is -2.41. The van der Waals surface area contributed by atoms with Crippen molar-refractivity contribution in [1.29, 1.82) is 0 Å². The van der Waals surface area contributed by atoms with E-state index < -0.39 is 0 Å². The predicted octanol–water partition coefficient (Wildman–Crippen LogP) is 1.10. The van der Waals surface area contributed by atoms with Gasteiger partial charge in [0.1, 0.15) is 0 Å². The van der Waals surface area contributed by atoms with E-state index in [9.17, 15) is 4.79 Å². The molecule has 1 aliphatic heterocycles. The average molecular weight is 215 g/mol.